The predicted molar refractivity (Wildman–Crippen MR) is 119 cm³/mol. The third-order valence-electron chi connectivity index (χ3n) is 4.08. The summed E-state index contributed by atoms with van der Waals surface area (Å²) in [4.78, 5) is 19.0. The van der Waals surface area contributed by atoms with E-state index in [4.69, 9.17) is 4.74 Å². The van der Waals surface area contributed by atoms with Gasteiger partial charge in [-0.15, -0.1) is 23.1 Å². The number of anilines is 1. The average molecular weight is 419 g/mol. The summed E-state index contributed by atoms with van der Waals surface area (Å²) < 4.78 is 5.75. The van der Waals surface area contributed by atoms with Gasteiger partial charge >= 0.3 is 0 Å². The number of pyridine rings is 1. The van der Waals surface area contributed by atoms with Gasteiger partial charge in [-0.25, -0.2) is 0 Å². The minimum Gasteiger partial charge on any atom is -0.457 e. The summed E-state index contributed by atoms with van der Waals surface area (Å²) in [5.41, 5.74) is 1.39. The van der Waals surface area contributed by atoms with E-state index in [9.17, 15) is 4.79 Å². The summed E-state index contributed by atoms with van der Waals surface area (Å²) in [5.74, 6) is 2.14. The molecule has 0 spiro atoms. The van der Waals surface area contributed by atoms with E-state index < -0.39 is 0 Å². The molecule has 0 saturated heterocycles. The molecule has 2 heterocycles. The zero-order valence-corrected chi connectivity index (χ0v) is 17.1. The lowest BCUT2D eigenvalue weighted by atomic mass is 10.2. The molecule has 1 N–H and O–H groups in total. The first-order valence-electron chi connectivity index (χ1n) is 9.01. The van der Waals surface area contributed by atoms with E-state index in [1.165, 1.54) is 4.88 Å². The Morgan fingerprint density at radius 2 is 1.69 bits per heavy atom. The van der Waals surface area contributed by atoms with Crippen LogP contribution in [-0.2, 0) is 5.75 Å². The number of carbonyl (C=O) groups is 1. The Kier molecular flexibility index (Phi) is 6.24. The smallest absolute Gasteiger partial charge is 0.256 e. The van der Waals surface area contributed by atoms with Crippen molar-refractivity contribution >= 4 is 34.7 Å². The van der Waals surface area contributed by atoms with E-state index in [2.05, 4.69) is 21.7 Å². The van der Waals surface area contributed by atoms with Crippen molar-refractivity contribution in [3.05, 3.63) is 101 Å². The van der Waals surface area contributed by atoms with Crippen LogP contribution in [0.4, 0.5) is 5.69 Å². The largest absolute Gasteiger partial charge is 0.457 e. The normalized spacial score (nSPS) is 10.5. The van der Waals surface area contributed by atoms with Crippen molar-refractivity contribution in [1.82, 2.24) is 4.98 Å². The van der Waals surface area contributed by atoms with Crippen LogP contribution in [0, 0.1) is 0 Å². The van der Waals surface area contributed by atoms with Gasteiger partial charge in [0.05, 0.1) is 5.56 Å². The second kappa shape index (κ2) is 9.41. The number of rotatable bonds is 7. The molecular weight excluding hydrogens is 400 g/mol. The van der Waals surface area contributed by atoms with Crippen molar-refractivity contribution < 1.29 is 9.53 Å². The summed E-state index contributed by atoms with van der Waals surface area (Å²) in [7, 11) is 0. The van der Waals surface area contributed by atoms with Crippen molar-refractivity contribution in [3.63, 3.8) is 0 Å². The first-order valence-corrected chi connectivity index (χ1v) is 10.9. The molecule has 0 unspecified atom stereocenters. The van der Waals surface area contributed by atoms with Crippen molar-refractivity contribution in [2.45, 2.75) is 10.6 Å². The fourth-order valence-corrected chi connectivity index (χ4v) is 4.49. The number of ether oxygens (including phenoxy) is 1. The highest BCUT2D eigenvalue weighted by Crippen LogP contribution is 2.29. The highest BCUT2D eigenvalue weighted by molar-refractivity contribution is 7.98. The molecule has 1 amide bonds. The standard InChI is InChI=1S/C23H18N2O2S2/c26-23(21-5-1-2-6-22(21)29-16-20-4-3-15-28-20)25-17-7-9-18(10-8-17)27-19-11-13-24-14-12-19/h1-15H,16H2,(H,25,26). The van der Waals surface area contributed by atoms with Gasteiger partial charge in [0.15, 0.2) is 0 Å². The topological polar surface area (TPSA) is 51.2 Å². The third kappa shape index (κ3) is 5.25. The van der Waals surface area contributed by atoms with E-state index >= 15 is 0 Å². The average Bonchev–Trinajstić information content (AvgIpc) is 3.28. The van der Waals surface area contributed by atoms with Crippen LogP contribution in [0.25, 0.3) is 0 Å². The highest BCUT2D eigenvalue weighted by Gasteiger charge is 2.12. The van der Waals surface area contributed by atoms with Gasteiger partial charge in [0, 0.05) is 33.6 Å². The van der Waals surface area contributed by atoms with Crippen LogP contribution >= 0.6 is 23.1 Å². The van der Waals surface area contributed by atoms with E-state index in [1.807, 2.05) is 54.6 Å². The Bertz CT molecular complexity index is 1070. The fraction of sp³-hybridized carbons (Fsp3) is 0.0435. The van der Waals surface area contributed by atoms with Crippen molar-refractivity contribution in [2.75, 3.05) is 5.32 Å². The molecule has 0 atom stereocenters. The number of hydrogen-bond donors (Lipinski definition) is 1. The van der Waals surface area contributed by atoms with Crippen LogP contribution < -0.4 is 10.1 Å². The lowest BCUT2D eigenvalue weighted by Crippen LogP contribution is -2.12. The Balaban J connectivity index is 1.41. The molecule has 6 heteroatoms. The molecule has 0 bridgehead atoms. The Hall–Kier alpha value is -3.09. The number of thiophene rings is 1. The summed E-state index contributed by atoms with van der Waals surface area (Å²) in [6, 6.07) is 22.7. The number of amides is 1. The minimum atomic E-state index is -0.123. The molecule has 2 aromatic carbocycles. The Morgan fingerprint density at radius 1 is 0.931 bits per heavy atom. The molecule has 0 aliphatic rings. The maximum absolute atomic E-state index is 12.8. The second-order valence-corrected chi connectivity index (χ2v) is 8.18. The second-order valence-electron chi connectivity index (χ2n) is 6.13. The molecular formula is C23H18N2O2S2. The minimum absolute atomic E-state index is 0.123. The summed E-state index contributed by atoms with van der Waals surface area (Å²) >= 11 is 3.40. The molecule has 0 radical (unpaired) electrons. The van der Waals surface area contributed by atoms with Crippen LogP contribution in [0.5, 0.6) is 11.5 Å². The molecule has 4 aromatic rings. The maximum atomic E-state index is 12.8. The van der Waals surface area contributed by atoms with Crippen molar-refractivity contribution in [1.29, 1.82) is 0 Å². The lowest BCUT2D eigenvalue weighted by molar-refractivity contribution is 0.102. The van der Waals surface area contributed by atoms with Gasteiger partial charge in [-0.3, -0.25) is 9.78 Å². The molecule has 0 aliphatic carbocycles. The van der Waals surface area contributed by atoms with Gasteiger partial charge in [-0.1, -0.05) is 18.2 Å². The summed E-state index contributed by atoms with van der Waals surface area (Å²) in [6.45, 7) is 0. The predicted octanol–water partition coefficient (Wildman–Crippen LogP) is 6.48. The van der Waals surface area contributed by atoms with Crippen LogP contribution in [0.2, 0.25) is 0 Å². The number of hydrogen-bond acceptors (Lipinski definition) is 5. The van der Waals surface area contributed by atoms with Crippen molar-refractivity contribution in [2.24, 2.45) is 0 Å². The van der Waals surface area contributed by atoms with Gasteiger partial charge in [-0.05, 0) is 60.0 Å². The quantitative estimate of drug-likeness (QED) is 0.349. The highest BCUT2D eigenvalue weighted by atomic mass is 32.2. The van der Waals surface area contributed by atoms with E-state index in [0.29, 0.717) is 17.1 Å². The summed E-state index contributed by atoms with van der Waals surface area (Å²) in [6.07, 6.45) is 3.36. The molecule has 0 aliphatic heterocycles. The number of thioether (sulfide) groups is 1. The third-order valence-corrected chi connectivity index (χ3v) is 6.26. The number of benzene rings is 2. The van der Waals surface area contributed by atoms with Crippen LogP contribution in [-0.4, -0.2) is 10.9 Å². The number of carbonyl (C=O) groups excluding carboxylic acids is 1. The number of aromatic nitrogens is 1. The molecule has 4 nitrogen and oxygen atoms in total. The fourth-order valence-electron chi connectivity index (χ4n) is 2.67. The van der Waals surface area contributed by atoms with Crippen molar-refractivity contribution in [3.8, 4) is 11.5 Å². The van der Waals surface area contributed by atoms with E-state index in [-0.39, 0.29) is 5.91 Å². The monoisotopic (exact) mass is 418 g/mol. The van der Waals surface area contributed by atoms with Gasteiger partial charge in [0.1, 0.15) is 11.5 Å². The first-order chi connectivity index (χ1) is 14.3. The number of nitrogens with one attached hydrogen (secondary N) is 1. The SMILES string of the molecule is O=C(Nc1ccc(Oc2ccncc2)cc1)c1ccccc1SCc1cccs1. The first kappa shape index (κ1) is 19.2. The molecule has 2 aromatic heterocycles. The summed E-state index contributed by atoms with van der Waals surface area (Å²) in [5, 5.41) is 5.03. The molecule has 0 saturated carbocycles. The van der Waals surface area contributed by atoms with Gasteiger partial charge in [-0.2, -0.15) is 0 Å². The Morgan fingerprint density at radius 3 is 2.45 bits per heavy atom. The van der Waals surface area contributed by atoms with E-state index in [1.54, 1.807) is 47.6 Å². The van der Waals surface area contributed by atoms with Crippen LogP contribution in [0.15, 0.2) is 95.5 Å². The molecule has 144 valence electrons. The van der Waals surface area contributed by atoms with Crippen LogP contribution in [0.3, 0.4) is 0 Å². The van der Waals surface area contributed by atoms with Gasteiger partial charge in [0.2, 0.25) is 0 Å². The lowest BCUT2D eigenvalue weighted by Gasteiger charge is -2.10. The zero-order valence-electron chi connectivity index (χ0n) is 15.4. The molecule has 4 rings (SSSR count). The zero-order chi connectivity index (χ0) is 19.9. The molecule has 29 heavy (non-hydrogen) atoms. The number of nitrogens with zero attached hydrogens (tertiary/aromatic N) is 1. The van der Waals surface area contributed by atoms with Crippen LogP contribution in [0.1, 0.15) is 15.2 Å². The molecule has 0 fully saturated rings. The van der Waals surface area contributed by atoms with E-state index in [0.717, 1.165) is 16.3 Å². The van der Waals surface area contributed by atoms with Gasteiger partial charge < -0.3 is 10.1 Å². The Labute approximate surface area is 177 Å². The van der Waals surface area contributed by atoms with Gasteiger partial charge in [0.25, 0.3) is 5.91 Å². The maximum Gasteiger partial charge on any atom is 0.256 e.